The predicted molar refractivity (Wildman–Crippen MR) is 50.5 cm³/mol. The lowest BCUT2D eigenvalue weighted by Gasteiger charge is -1.92. The fraction of sp³-hybridized carbons (Fsp3) is 0. The van der Waals surface area contributed by atoms with Gasteiger partial charge in [-0.25, -0.2) is 4.98 Å². The van der Waals surface area contributed by atoms with E-state index in [-0.39, 0.29) is 0 Å². The molecular formula is C7H5N3S2. The molecule has 0 aliphatic heterocycles. The Labute approximate surface area is 78.1 Å². The summed E-state index contributed by atoms with van der Waals surface area (Å²) in [6.07, 6.45) is 0. The highest BCUT2D eigenvalue weighted by molar-refractivity contribution is 7.71. The first-order valence-electron chi connectivity index (χ1n) is 3.30. The molecule has 0 bridgehead atoms. The van der Waals surface area contributed by atoms with E-state index in [9.17, 15) is 0 Å². The monoisotopic (exact) mass is 195 g/mol. The molecule has 2 aromatic heterocycles. The van der Waals surface area contributed by atoms with Crippen molar-refractivity contribution < 1.29 is 0 Å². The van der Waals surface area contributed by atoms with E-state index in [4.69, 9.17) is 12.2 Å². The van der Waals surface area contributed by atoms with Crippen molar-refractivity contribution in [2.75, 3.05) is 0 Å². The van der Waals surface area contributed by atoms with E-state index in [1.165, 1.54) is 0 Å². The van der Waals surface area contributed by atoms with Crippen LogP contribution in [0.3, 0.4) is 0 Å². The van der Waals surface area contributed by atoms with Crippen LogP contribution in [0.2, 0.25) is 0 Å². The van der Waals surface area contributed by atoms with Gasteiger partial charge in [0.2, 0.25) is 0 Å². The number of nitrogens with zero attached hydrogens (tertiary/aromatic N) is 2. The molecule has 3 nitrogen and oxygen atoms in total. The quantitative estimate of drug-likeness (QED) is 0.710. The number of hydrogen-bond donors (Lipinski definition) is 1. The van der Waals surface area contributed by atoms with Gasteiger partial charge in [0.15, 0.2) is 0 Å². The van der Waals surface area contributed by atoms with E-state index in [1.54, 1.807) is 22.9 Å². The van der Waals surface area contributed by atoms with Gasteiger partial charge in [-0.15, -0.1) is 11.3 Å². The van der Waals surface area contributed by atoms with E-state index in [2.05, 4.69) is 15.2 Å². The summed E-state index contributed by atoms with van der Waals surface area (Å²) in [6, 6.07) is 3.66. The first kappa shape index (κ1) is 7.57. The third-order valence-corrected chi connectivity index (χ3v) is 2.19. The second kappa shape index (κ2) is 3.12. The van der Waals surface area contributed by atoms with Crippen LogP contribution in [0.1, 0.15) is 0 Å². The summed E-state index contributed by atoms with van der Waals surface area (Å²) < 4.78 is 0.633. The molecule has 2 rings (SSSR count). The maximum atomic E-state index is 4.87. The van der Waals surface area contributed by atoms with Crippen molar-refractivity contribution in [3.05, 3.63) is 27.7 Å². The van der Waals surface area contributed by atoms with Gasteiger partial charge in [-0.05, 0) is 12.1 Å². The van der Waals surface area contributed by atoms with Gasteiger partial charge in [0.25, 0.3) is 0 Å². The van der Waals surface area contributed by atoms with Crippen molar-refractivity contribution >= 4 is 23.6 Å². The topological polar surface area (TPSA) is 41.6 Å². The van der Waals surface area contributed by atoms with E-state index >= 15 is 0 Å². The van der Waals surface area contributed by atoms with Crippen LogP contribution in [-0.2, 0) is 0 Å². The fourth-order valence-electron chi connectivity index (χ4n) is 0.826. The third-order valence-electron chi connectivity index (χ3n) is 1.37. The smallest absolute Gasteiger partial charge is 0.119 e. The number of H-pyrrole nitrogens is 1. The average Bonchev–Trinajstić information content (AvgIpc) is 2.58. The van der Waals surface area contributed by atoms with Gasteiger partial charge in [-0.3, -0.25) is 5.10 Å². The normalized spacial score (nSPS) is 10.0. The van der Waals surface area contributed by atoms with Crippen molar-refractivity contribution in [3.63, 3.8) is 0 Å². The maximum Gasteiger partial charge on any atom is 0.119 e. The Morgan fingerprint density at radius 2 is 2.25 bits per heavy atom. The van der Waals surface area contributed by atoms with Crippen LogP contribution in [-0.4, -0.2) is 15.2 Å². The molecule has 12 heavy (non-hydrogen) atoms. The molecule has 2 aromatic rings. The summed E-state index contributed by atoms with van der Waals surface area (Å²) in [5.74, 6) is 0. The molecule has 0 spiro atoms. The lowest BCUT2D eigenvalue weighted by atomic mass is 10.3. The molecule has 2 heterocycles. The Balaban J connectivity index is 2.49. The van der Waals surface area contributed by atoms with E-state index < -0.39 is 0 Å². The molecule has 60 valence electrons. The van der Waals surface area contributed by atoms with E-state index in [0.717, 1.165) is 11.4 Å². The van der Waals surface area contributed by atoms with Gasteiger partial charge >= 0.3 is 0 Å². The first-order valence-corrected chi connectivity index (χ1v) is 4.65. The molecule has 0 aromatic carbocycles. The summed E-state index contributed by atoms with van der Waals surface area (Å²) in [4.78, 5) is 4.12. The predicted octanol–water partition coefficient (Wildman–Crippen LogP) is 2.26. The minimum Gasteiger partial charge on any atom is -0.267 e. The molecule has 0 aliphatic rings. The van der Waals surface area contributed by atoms with Crippen molar-refractivity contribution in [1.82, 2.24) is 15.2 Å². The second-order valence-corrected chi connectivity index (χ2v) is 3.34. The minimum atomic E-state index is 0.633. The summed E-state index contributed by atoms with van der Waals surface area (Å²) in [6.45, 7) is 0. The van der Waals surface area contributed by atoms with Gasteiger partial charge in [0.05, 0.1) is 5.51 Å². The van der Waals surface area contributed by atoms with Crippen molar-refractivity contribution in [2.24, 2.45) is 0 Å². The first-order chi connectivity index (χ1) is 5.86. The zero-order valence-electron chi connectivity index (χ0n) is 6.02. The van der Waals surface area contributed by atoms with Crippen LogP contribution in [0.5, 0.6) is 0 Å². The second-order valence-electron chi connectivity index (χ2n) is 2.18. The fourth-order valence-corrected chi connectivity index (χ4v) is 1.49. The summed E-state index contributed by atoms with van der Waals surface area (Å²) in [5, 5.41) is 8.70. The lowest BCUT2D eigenvalue weighted by Crippen LogP contribution is -1.86. The number of hydrogen-bond acceptors (Lipinski definition) is 4. The molecule has 0 aliphatic carbocycles. The Bertz CT molecular complexity index is 398. The molecule has 0 radical (unpaired) electrons. The SMILES string of the molecule is S=c1ccc(-c2cscn2)n[nH]1. The number of aromatic nitrogens is 3. The van der Waals surface area contributed by atoms with Crippen molar-refractivity contribution in [1.29, 1.82) is 0 Å². The van der Waals surface area contributed by atoms with Gasteiger partial charge in [0, 0.05) is 5.38 Å². The molecule has 0 atom stereocenters. The summed E-state index contributed by atoms with van der Waals surface area (Å²) in [7, 11) is 0. The highest BCUT2D eigenvalue weighted by atomic mass is 32.1. The number of aromatic amines is 1. The average molecular weight is 195 g/mol. The van der Waals surface area contributed by atoms with Crippen LogP contribution < -0.4 is 0 Å². The minimum absolute atomic E-state index is 0.633. The standard InChI is InChI=1S/C7H5N3S2/c11-7-2-1-5(9-10-7)6-3-12-4-8-6/h1-4H,(H,10,11). The number of rotatable bonds is 1. The van der Waals surface area contributed by atoms with E-state index in [0.29, 0.717) is 4.64 Å². The Hall–Kier alpha value is -1.07. The molecule has 0 fully saturated rings. The molecule has 0 saturated carbocycles. The number of thiazole rings is 1. The Morgan fingerprint density at radius 1 is 1.33 bits per heavy atom. The van der Waals surface area contributed by atoms with Gasteiger partial charge < -0.3 is 0 Å². The lowest BCUT2D eigenvalue weighted by molar-refractivity contribution is 1.02. The van der Waals surface area contributed by atoms with Crippen LogP contribution in [0, 0.1) is 4.64 Å². The van der Waals surface area contributed by atoms with Crippen LogP contribution in [0.15, 0.2) is 23.0 Å². The van der Waals surface area contributed by atoms with Gasteiger partial charge in [0.1, 0.15) is 16.0 Å². The maximum absolute atomic E-state index is 4.87. The molecule has 5 heteroatoms. The summed E-state index contributed by atoms with van der Waals surface area (Å²) >= 11 is 6.41. The molecule has 1 N–H and O–H groups in total. The Morgan fingerprint density at radius 3 is 2.83 bits per heavy atom. The molecular weight excluding hydrogens is 190 g/mol. The Kier molecular flexibility index (Phi) is 1.97. The van der Waals surface area contributed by atoms with E-state index in [1.807, 2.05) is 11.4 Å². The zero-order valence-corrected chi connectivity index (χ0v) is 7.65. The molecule has 0 saturated heterocycles. The zero-order chi connectivity index (χ0) is 8.39. The highest BCUT2D eigenvalue weighted by Gasteiger charge is 1.98. The van der Waals surface area contributed by atoms with Crippen LogP contribution >= 0.6 is 23.6 Å². The summed E-state index contributed by atoms with van der Waals surface area (Å²) in [5.41, 5.74) is 3.48. The van der Waals surface area contributed by atoms with Crippen LogP contribution in [0.4, 0.5) is 0 Å². The van der Waals surface area contributed by atoms with Crippen molar-refractivity contribution in [3.8, 4) is 11.4 Å². The highest BCUT2D eigenvalue weighted by Crippen LogP contribution is 2.14. The van der Waals surface area contributed by atoms with Gasteiger partial charge in [-0.1, -0.05) is 12.2 Å². The largest absolute Gasteiger partial charge is 0.267 e. The molecule has 0 amide bonds. The van der Waals surface area contributed by atoms with Crippen LogP contribution in [0.25, 0.3) is 11.4 Å². The molecule has 0 unspecified atom stereocenters. The number of nitrogens with one attached hydrogen (secondary N) is 1. The van der Waals surface area contributed by atoms with Gasteiger partial charge in [-0.2, -0.15) is 5.10 Å². The third kappa shape index (κ3) is 1.41. The van der Waals surface area contributed by atoms with Crippen molar-refractivity contribution in [2.45, 2.75) is 0 Å².